The van der Waals surface area contributed by atoms with Crippen molar-refractivity contribution in [2.75, 3.05) is 0 Å². The van der Waals surface area contributed by atoms with E-state index in [1.807, 2.05) is 36.4 Å². The normalized spacial score (nSPS) is 19.3. The van der Waals surface area contributed by atoms with Crippen molar-refractivity contribution in [1.29, 1.82) is 0 Å². The molecule has 3 aromatic rings. The van der Waals surface area contributed by atoms with Crippen LogP contribution < -0.4 is 5.73 Å². The third-order valence-corrected chi connectivity index (χ3v) is 4.56. The number of pyridine rings is 2. The van der Waals surface area contributed by atoms with Gasteiger partial charge in [-0.1, -0.05) is 34.1 Å². The van der Waals surface area contributed by atoms with E-state index in [0.29, 0.717) is 5.84 Å². The molecular weight excluding hydrogens is 352 g/mol. The quantitative estimate of drug-likeness (QED) is 0.758. The van der Waals surface area contributed by atoms with Crippen molar-refractivity contribution in [2.24, 2.45) is 10.7 Å². The predicted molar refractivity (Wildman–Crippen MR) is 93.2 cm³/mol. The van der Waals surface area contributed by atoms with Crippen molar-refractivity contribution in [2.45, 2.75) is 5.54 Å². The van der Waals surface area contributed by atoms with Crippen LogP contribution in [0.1, 0.15) is 22.4 Å². The highest BCUT2D eigenvalue weighted by atomic mass is 79.9. The van der Waals surface area contributed by atoms with Gasteiger partial charge in [-0.3, -0.25) is 9.97 Å². The maximum atomic E-state index is 6.19. The van der Waals surface area contributed by atoms with Crippen molar-refractivity contribution < 1.29 is 0 Å². The molecule has 0 saturated carbocycles. The lowest BCUT2D eigenvalue weighted by Crippen LogP contribution is -2.25. The number of nitrogens with zero attached hydrogens (tertiary/aromatic N) is 3. The maximum absolute atomic E-state index is 6.19. The fourth-order valence-corrected chi connectivity index (χ4v) is 3.51. The number of halogens is 1. The smallest absolute Gasteiger partial charge is 0.146 e. The molecule has 1 unspecified atom stereocenters. The molecule has 4 rings (SSSR count). The lowest BCUT2D eigenvalue weighted by Gasteiger charge is -2.28. The zero-order valence-corrected chi connectivity index (χ0v) is 13.7. The molecule has 0 radical (unpaired) electrons. The van der Waals surface area contributed by atoms with Crippen LogP contribution in [0.4, 0.5) is 0 Å². The van der Waals surface area contributed by atoms with E-state index in [0.717, 1.165) is 26.9 Å². The van der Waals surface area contributed by atoms with Crippen molar-refractivity contribution >= 4 is 21.8 Å². The molecule has 3 heterocycles. The molecule has 0 amide bonds. The Kier molecular flexibility index (Phi) is 3.23. The van der Waals surface area contributed by atoms with Gasteiger partial charge in [0.1, 0.15) is 17.1 Å². The van der Waals surface area contributed by atoms with Gasteiger partial charge >= 0.3 is 0 Å². The second-order valence-electron chi connectivity index (χ2n) is 5.35. The van der Waals surface area contributed by atoms with Crippen LogP contribution in [0.5, 0.6) is 0 Å². The molecule has 2 N–H and O–H groups in total. The van der Waals surface area contributed by atoms with E-state index in [1.165, 1.54) is 0 Å². The Balaban J connectivity index is 2.09. The molecule has 0 aliphatic carbocycles. The van der Waals surface area contributed by atoms with Crippen molar-refractivity contribution in [3.8, 4) is 0 Å². The van der Waals surface area contributed by atoms with Crippen LogP contribution in [0.3, 0.4) is 0 Å². The van der Waals surface area contributed by atoms with Crippen LogP contribution in [-0.2, 0) is 5.54 Å². The highest BCUT2D eigenvalue weighted by molar-refractivity contribution is 9.10. The average Bonchev–Trinajstić information content (AvgIpc) is 2.90. The summed E-state index contributed by atoms with van der Waals surface area (Å²) in [5, 5.41) is 0. The van der Waals surface area contributed by atoms with Gasteiger partial charge in [0.15, 0.2) is 0 Å². The molecule has 0 saturated heterocycles. The van der Waals surface area contributed by atoms with E-state index in [2.05, 4.69) is 38.0 Å². The largest absolute Gasteiger partial charge is 0.382 e. The summed E-state index contributed by atoms with van der Waals surface area (Å²) < 4.78 is 0.995. The van der Waals surface area contributed by atoms with Gasteiger partial charge in [-0.05, 0) is 41.5 Å². The topological polar surface area (TPSA) is 64.2 Å². The lowest BCUT2D eigenvalue weighted by atomic mass is 9.79. The molecule has 1 aliphatic heterocycles. The van der Waals surface area contributed by atoms with E-state index in [-0.39, 0.29) is 0 Å². The number of hydrogen-bond donors (Lipinski definition) is 1. The molecule has 0 bridgehead atoms. The van der Waals surface area contributed by atoms with Crippen LogP contribution >= 0.6 is 15.9 Å². The Morgan fingerprint density at radius 1 is 0.913 bits per heavy atom. The van der Waals surface area contributed by atoms with Gasteiger partial charge in [-0.25, -0.2) is 4.99 Å². The summed E-state index contributed by atoms with van der Waals surface area (Å²) >= 11 is 3.55. The van der Waals surface area contributed by atoms with Gasteiger partial charge in [0.2, 0.25) is 0 Å². The molecule has 0 spiro atoms. The summed E-state index contributed by atoms with van der Waals surface area (Å²) in [6.07, 6.45) is 5.29. The third kappa shape index (κ3) is 2.08. The number of aromatic nitrogens is 2. The highest BCUT2D eigenvalue weighted by Crippen LogP contribution is 2.45. The molecule has 112 valence electrons. The van der Waals surface area contributed by atoms with Gasteiger partial charge in [0.25, 0.3) is 0 Å². The fourth-order valence-electron chi connectivity index (χ4n) is 3.11. The summed E-state index contributed by atoms with van der Waals surface area (Å²) in [5.41, 5.74) is 9.28. The van der Waals surface area contributed by atoms with Crippen LogP contribution in [-0.4, -0.2) is 15.8 Å². The molecule has 1 aromatic carbocycles. The first-order valence-corrected chi connectivity index (χ1v) is 7.99. The first-order chi connectivity index (χ1) is 11.2. The van der Waals surface area contributed by atoms with Gasteiger partial charge in [-0.15, -0.1) is 0 Å². The number of hydrogen-bond acceptors (Lipinski definition) is 4. The summed E-state index contributed by atoms with van der Waals surface area (Å²) in [4.78, 5) is 13.4. The van der Waals surface area contributed by atoms with E-state index in [9.17, 15) is 0 Å². The van der Waals surface area contributed by atoms with E-state index >= 15 is 0 Å². The number of fused-ring (bicyclic) bond motifs is 1. The molecule has 0 fully saturated rings. The number of nitrogens with two attached hydrogens (primary N) is 1. The molecule has 1 aliphatic rings. The van der Waals surface area contributed by atoms with Crippen molar-refractivity contribution in [3.63, 3.8) is 0 Å². The first kappa shape index (κ1) is 14.1. The predicted octanol–water partition coefficient (Wildman–Crippen LogP) is 3.25. The Bertz CT molecular complexity index is 908. The second-order valence-corrected chi connectivity index (χ2v) is 6.27. The van der Waals surface area contributed by atoms with Gasteiger partial charge in [-0.2, -0.15) is 0 Å². The van der Waals surface area contributed by atoms with Gasteiger partial charge < -0.3 is 5.73 Å². The van der Waals surface area contributed by atoms with Crippen LogP contribution in [0.15, 0.2) is 76.6 Å². The summed E-state index contributed by atoms with van der Waals surface area (Å²) in [6, 6.07) is 16.0. The third-order valence-electron chi connectivity index (χ3n) is 4.07. The van der Waals surface area contributed by atoms with Gasteiger partial charge in [0.05, 0.1) is 0 Å². The SMILES string of the molecule is NC1=NC(c2ccncc2)(c2cccc(Br)c2)c2cccnc21. The molecule has 23 heavy (non-hydrogen) atoms. The minimum atomic E-state index is -0.694. The highest BCUT2D eigenvalue weighted by Gasteiger charge is 2.43. The molecule has 1 atom stereocenters. The fraction of sp³-hybridized carbons (Fsp3) is 0.0556. The summed E-state index contributed by atoms with van der Waals surface area (Å²) in [7, 11) is 0. The molecule has 5 heteroatoms. The molecular formula is C18H13BrN4. The van der Waals surface area contributed by atoms with Crippen LogP contribution in [0.2, 0.25) is 0 Å². The van der Waals surface area contributed by atoms with E-state index < -0.39 is 5.54 Å². The standard InChI is InChI=1S/C18H13BrN4/c19-14-4-1-3-13(11-14)18(12-6-9-21-10-7-12)15-5-2-8-22-16(15)17(20)23-18/h1-11H,(H2,20,23). The molecule has 2 aromatic heterocycles. The van der Waals surface area contributed by atoms with Gasteiger partial charge in [0, 0.05) is 28.6 Å². The number of benzene rings is 1. The minimum Gasteiger partial charge on any atom is -0.382 e. The number of aliphatic imine (C=N–C) groups is 1. The van der Waals surface area contributed by atoms with E-state index in [4.69, 9.17) is 10.7 Å². The average molecular weight is 365 g/mol. The number of rotatable bonds is 2. The van der Waals surface area contributed by atoms with Crippen LogP contribution in [0.25, 0.3) is 0 Å². The summed E-state index contributed by atoms with van der Waals surface area (Å²) in [5.74, 6) is 0.456. The van der Waals surface area contributed by atoms with Crippen molar-refractivity contribution in [1.82, 2.24) is 9.97 Å². The first-order valence-electron chi connectivity index (χ1n) is 7.19. The maximum Gasteiger partial charge on any atom is 0.146 e. The Labute approximate surface area is 142 Å². The number of amidine groups is 1. The Morgan fingerprint density at radius 2 is 1.74 bits per heavy atom. The summed E-state index contributed by atoms with van der Waals surface area (Å²) in [6.45, 7) is 0. The zero-order chi connectivity index (χ0) is 15.9. The Morgan fingerprint density at radius 3 is 2.52 bits per heavy atom. The second kappa shape index (κ2) is 5.28. The Hall–Kier alpha value is -2.53. The zero-order valence-electron chi connectivity index (χ0n) is 12.1. The molecule has 4 nitrogen and oxygen atoms in total. The van der Waals surface area contributed by atoms with Crippen LogP contribution in [0, 0.1) is 0 Å². The van der Waals surface area contributed by atoms with Crippen molar-refractivity contribution in [3.05, 3.63) is 94.0 Å². The lowest BCUT2D eigenvalue weighted by molar-refractivity contribution is 0.668. The monoisotopic (exact) mass is 364 g/mol. The minimum absolute atomic E-state index is 0.456. The van der Waals surface area contributed by atoms with E-state index in [1.54, 1.807) is 18.6 Å².